The first-order valence-corrected chi connectivity index (χ1v) is 7.13. The van der Waals surface area contributed by atoms with Crippen molar-refractivity contribution in [1.29, 1.82) is 0 Å². The number of rotatable bonds is 0. The van der Waals surface area contributed by atoms with Crippen LogP contribution in [0.2, 0.25) is 0 Å². The third-order valence-electron chi connectivity index (χ3n) is 5.84. The van der Waals surface area contributed by atoms with E-state index in [2.05, 4.69) is 13.5 Å². The Labute approximate surface area is 113 Å². The molecule has 1 aliphatic heterocycles. The van der Waals surface area contributed by atoms with Crippen LogP contribution < -0.4 is 0 Å². The Balaban J connectivity index is 2.06. The zero-order valence-corrected chi connectivity index (χ0v) is 11.5. The quantitative estimate of drug-likeness (QED) is 0.512. The van der Waals surface area contributed by atoms with Gasteiger partial charge in [0.25, 0.3) is 0 Å². The van der Waals surface area contributed by atoms with Crippen molar-refractivity contribution in [3.63, 3.8) is 0 Å². The van der Waals surface area contributed by atoms with Gasteiger partial charge in [-0.05, 0) is 31.1 Å². The van der Waals surface area contributed by atoms with Crippen LogP contribution in [-0.2, 0) is 9.53 Å². The van der Waals surface area contributed by atoms with Crippen LogP contribution >= 0.6 is 0 Å². The Morgan fingerprint density at radius 3 is 2.74 bits per heavy atom. The number of ether oxygens (including phenoxy) is 1. The van der Waals surface area contributed by atoms with E-state index in [4.69, 9.17) is 4.74 Å². The summed E-state index contributed by atoms with van der Waals surface area (Å²) in [5.74, 6) is 0.253. The van der Waals surface area contributed by atoms with E-state index in [1.807, 2.05) is 6.92 Å². The Kier molecular flexibility index (Phi) is 2.81. The lowest BCUT2D eigenvalue weighted by Crippen LogP contribution is -2.48. The van der Waals surface area contributed by atoms with Gasteiger partial charge in [0, 0.05) is 16.9 Å². The molecule has 106 valence electrons. The third-order valence-corrected chi connectivity index (χ3v) is 5.84. The molecule has 0 amide bonds. The van der Waals surface area contributed by atoms with Crippen LogP contribution in [0.1, 0.15) is 33.1 Å². The molecule has 3 rings (SSSR count). The smallest absolute Gasteiger partial charge is 0.334 e. The summed E-state index contributed by atoms with van der Waals surface area (Å²) in [5, 5.41) is 20.5. The topological polar surface area (TPSA) is 66.8 Å². The second-order valence-electron chi connectivity index (χ2n) is 6.73. The fraction of sp³-hybridized carbons (Fsp3) is 0.800. The van der Waals surface area contributed by atoms with E-state index in [9.17, 15) is 15.0 Å². The molecule has 0 radical (unpaired) electrons. The maximum atomic E-state index is 11.8. The van der Waals surface area contributed by atoms with Crippen molar-refractivity contribution in [2.45, 2.75) is 51.4 Å². The van der Waals surface area contributed by atoms with Crippen molar-refractivity contribution in [3.8, 4) is 0 Å². The molecule has 4 nitrogen and oxygen atoms in total. The molecule has 0 spiro atoms. The van der Waals surface area contributed by atoms with Crippen molar-refractivity contribution in [2.24, 2.45) is 23.2 Å². The van der Waals surface area contributed by atoms with Crippen molar-refractivity contribution >= 4 is 5.97 Å². The summed E-state index contributed by atoms with van der Waals surface area (Å²) < 4.78 is 5.53. The van der Waals surface area contributed by atoms with Crippen molar-refractivity contribution in [3.05, 3.63) is 12.2 Å². The largest absolute Gasteiger partial charge is 0.458 e. The number of esters is 1. The van der Waals surface area contributed by atoms with Gasteiger partial charge in [0.2, 0.25) is 0 Å². The van der Waals surface area contributed by atoms with Gasteiger partial charge in [0.05, 0.1) is 12.2 Å². The molecule has 0 bridgehead atoms. The number of fused-ring (bicyclic) bond motifs is 3. The summed E-state index contributed by atoms with van der Waals surface area (Å²) in [6.45, 7) is 7.99. The lowest BCUT2D eigenvalue weighted by atomic mass is 9.68. The van der Waals surface area contributed by atoms with Crippen LogP contribution in [0.4, 0.5) is 0 Å². The first kappa shape index (κ1) is 13.1. The summed E-state index contributed by atoms with van der Waals surface area (Å²) in [4.78, 5) is 11.8. The average molecular weight is 266 g/mol. The molecule has 0 aromatic carbocycles. The molecule has 2 aliphatic carbocycles. The highest BCUT2D eigenvalue weighted by atomic mass is 16.6. The van der Waals surface area contributed by atoms with Gasteiger partial charge in [0.1, 0.15) is 6.10 Å². The molecule has 3 aliphatic rings. The van der Waals surface area contributed by atoms with Crippen molar-refractivity contribution in [1.82, 2.24) is 0 Å². The van der Waals surface area contributed by atoms with E-state index in [-0.39, 0.29) is 23.9 Å². The predicted molar refractivity (Wildman–Crippen MR) is 69.1 cm³/mol. The van der Waals surface area contributed by atoms with Gasteiger partial charge in [-0.25, -0.2) is 4.79 Å². The number of hydrogen-bond donors (Lipinski definition) is 2. The minimum absolute atomic E-state index is 0.00935. The predicted octanol–water partition coefficient (Wildman–Crippen LogP) is 1.26. The Morgan fingerprint density at radius 1 is 1.37 bits per heavy atom. The summed E-state index contributed by atoms with van der Waals surface area (Å²) in [6.07, 6.45) is 0.566. The molecule has 4 heteroatoms. The monoisotopic (exact) mass is 266 g/mol. The molecule has 0 aromatic heterocycles. The van der Waals surface area contributed by atoms with E-state index in [0.29, 0.717) is 17.9 Å². The lowest BCUT2D eigenvalue weighted by Gasteiger charge is -2.40. The van der Waals surface area contributed by atoms with Crippen LogP contribution in [-0.4, -0.2) is 34.5 Å². The van der Waals surface area contributed by atoms with Gasteiger partial charge in [-0.2, -0.15) is 0 Å². The van der Waals surface area contributed by atoms with E-state index >= 15 is 0 Å². The summed E-state index contributed by atoms with van der Waals surface area (Å²) in [6, 6.07) is 0. The summed E-state index contributed by atoms with van der Waals surface area (Å²) in [7, 11) is 0. The third kappa shape index (κ3) is 1.56. The summed E-state index contributed by atoms with van der Waals surface area (Å²) in [5.41, 5.74) is -0.0255. The van der Waals surface area contributed by atoms with Gasteiger partial charge < -0.3 is 14.9 Å². The fourth-order valence-electron chi connectivity index (χ4n) is 4.64. The van der Waals surface area contributed by atoms with Crippen molar-refractivity contribution in [2.75, 3.05) is 0 Å². The fourth-order valence-corrected chi connectivity index (χ4v) is 4.64. The molecule has 19 heavy (non-hydrogen) atoms. The average Bonchev–Trinajstić information content (AvgIpc) is 2.74. The van der Waals surface area contributed by atoms with Gasteiger partial charge in [0.15, 0.2) is 0 Å². The van der Waals surface area contributed by atoms with Crippen LogP contribution in [0.25, 0.3) is 0 Å². The van der Waals surface area contributed by atoms with Gasteiger partial charge in [-0.15, -0.1) is 0 Å². The standard InChI is InChI=1S/C15H22O4/c1-7-4-5-9-8(2)14(18)19-13(9)15(3)10(7)6-11(16)12(15)17/h7,9-13,16-17H,2,4-6H2,1,3H3/t7-,9-,10-,11+,12+,13+,15-/m0/s1. The van der Waals surface area contributed by atoms with E-state index in [1.54, 1.807) is 0 Å². The Hall–Kier alpha value is -0.870. The number of aliphatic hydroxyl groups is 2. The molecule has 0 unspecified atom stereocenters. The zero-order chi connectivity index (χ0) is 13.9. The van der Waals surface area contributed by atoms with Gasteiger partial charge >= 0.3 is 5.97 Å². The molecular formula is C15H22O4. The highest BCUT2D eigenvalue weighted by molar-refractivity contribution is 5.91. The maximum absolute atomic E-state index is 11.8. The number of hydrogen-bond acceptors (Lipinski definition) is 4. The van der Waals surface area contributed by atoms with Crippen LogP contribution in [0.5, 0.6) is 0 Å². The molecule has 3 fully saturated rings. The van der Waals surface area contributed by atoms with Gasteiger partial charge in [-0.3, -0.25) is 0 Å². The zero-order valence-electron chi connectivity index (χ0n) is 11.5. The Bertz CT molecular complexity index is 432. The number of carbonyl (C=O) groups is 1. The van der Waals surface area contributed by atoms with E-state index in [0.717, 1.165) is 12.8 Å². The number of carbonyl (C=O) groups excluding carboxylic acids is 1. The molecule has 2 saturated carbocycles. The lowest BCUT2D eigenvalue weighted by molar-refractivity contribution is -0.154. The first-order valence-electron chi connectivity index (χ1n) is 7.13. The molecule has 1 saturated heterocycles. The SMILES string of the molecule is C=C1C(=O)O[C@@H]2[C@H]1CC[C@H](C)[C@@H]1C[C@@H](O)[C@@H](O)[C@@]21C. The highest BCUT2D eigenvalue weighted by Crippen LogP contribution is 2.58. The van der Waals surface area contributed by atoms with Crippen LogP contribution in [0.15, 0.2) is 12.2 Å². The number of aliphatic hydroxyl groups excluding tert-OH is 2. The molecular weight excluding hydrogens is 244 g/mol. The van der Waals surface area contributed by atoms with E-state index in [1.165, 1.54) is 0 Å². The molecule has 7 atom stereocenters. The molecule has 0 aromatic rings. The van der Waals surface area contributed by atoms with Crippen molar-refractivity contribution < 1.29 is 19.7 Å². The maximum Gasteiger partial charge on any atom is 0.334 e. The van der Waals surface area contributed by atoms with Crippen LogP contribution in [0.3, 0.4) is 0 Å². The Morgan fingerprint density at radius 2 is 2.05 bits per heavy atom. The van der Waals surface area contributed by atoms with E-state index < -0.39 is 17.6 Å². The second kappa shape index (κ2) is 4.06. The minimum atomic E-state index is -0.829. The summed E-state index contributed by atoms with van der Waals surface area (Å²) >= 11 is 0. The minimum Gasteiger partial charge on any atom is -0.458 e. The molecule has 2 N–H and O–H groups in total. The normalized spacial score (nSPS) is 53.5. The first-order chi connectivity index (χ1) is 8.87. The second-order valence-corrected chi connectivity index (χ2v) is 6.73. The van der Waals surface area contributed by atoms with Gasteiger partial charge in [-0.1, -0.05) is 20.4 Å². The molecule has 1 heterocycles. The highest BCUT2D eigenvalue weighted by Gasteiger charge is 2.63. The van der Waals surface area contributed by atoms with Crippen LogP contribution in [0, 0.1) is 23.2 Å².